The summed E-state index contributed by atoms with van der Waals surface area (Å²) in [6.07, 6.45) is 6.06. The van der Waals surface area contributed by atoms with E-state index in [4.69, 9.17) is 0 Å². The lowest BCUT2D eigenvalue weighted by atomic mass is 9.94. The molecule has 0 heterocycles. The van der Waals surface area contributed by atoms with Crippen molar-refractivity contribution in [3.05, 3.63) is 59.7 Å². The van der Waals surface area contributed by atoms with Gasteiger partial charge in [0.05, 0.1) is 6.04 Å². The zero-order valence-corrected chi connectivity index (χ0v) is 10.1. The molecule has 18 heavy (non-hydrogen) atoms. The van der Waals surface area contributed by atoms with Crippen molar-refractivity contribution in [2.24, 2.45) is 0 Å². The second kappa shape index (κ2) is 6.15. The van der Waals surface area contributed by atoms with Gasteiger partial charge in [0.1, 0.15) is 6.17 Å². The smallest absolute Gasteiger partial charge is 0.207 e. The molecule has 1 N–H and O–H groups in total. The molecule has 1 amide bonds. The number of amides is 1. The highest BCUT2D eigenvalue weighted by molar-refractivity contribution is 5.49. The molecule has 1 aromatic rings. The van der Waals surface area contributed by atoms with Gasteiger partial charge in [0, 0.05) is 6.42 Å². The van der Waals surface area contributed by atoms with Crippen LogP contribution in [0.2, 0.25) is 0 Å². The van der Waals surface area contributed by atoms with Crippen molar-refractivity contribution in [3.8, 4) is 0 Å². The van der Waals surface area contributed by atoms with Crippen LogP contribution in [0.3, 0.4) is 0 Å². The molecule has 0 saturated heterocycles. The molecule has 1 aliphatic rings. The van der Waals surface area contributed by atoms with Gasteiger partial charge in [-0.05, 0) is 17.6 Å². The summed E-state index contributed by atoms with van der Waals surface area (Å²) in [6.45, 7) is 0. The lowest BCUT2D eigenvalue weighted by molar-refractivity contribution is -0.109. The van der Waals surface area contributed by atoms with Crippen molar-refractivity contribution >= 4 is 6.41 Å². The van der Waals surface area contributed by atoms with Gasteiger partial charge in [0.15, 0.2) is 0 Å². The van der Waals surface area contributed by atoms with Crippen LogP contribution in [0.15, 0.2) is 54.1 Å². The van der Waals surface area contributed by atoms with E-state index in [1.54, 1.807) is 12.2 Å². The molecule has 0 fully saturated rings. The highest BCUT2D eigenvalue weighted by Crippen LogP contribution is 2.18. The monoisotopic (exact) mass is 245 g/mol. The molecule has 2 unspecified atom stereocenters. The summed E-state index contributed by atoms with van der Waals surface area (Å²) in [7, 11) is 0. The number of benzene rings is 1. The maximum atomic E-state index is 13.0. The van der Waals surface area contributed by atoms with Crippen LogP contribution in [-0.2, 0) is 11.2 Å². The average Bonchev–Trinajstić information content (AvgIpc) is 2.40. The zero-order chi connectivity index (χ0) is 12.8. The quantitative estimate of drug-likeness (QED) is 0.794. The first-order chi connectivity index (χ1) is 8.79. The molecule has 2 rings (SSSR count). The summed E-state index contributed by atoms with van der Waals surface area (Å²) in [4.78, 5) is 10.7. The van der Waals surface area contributed by atoms with Crippen LogP contribution in [-0.4, -0.2) is 18.6 Å². The Labute approximate surface area is 106 Å². The van der Waals surface area contributed by atoms with E-state index in [1.807, 2.05) is 36.4 Å². The fourth-order valence-electron chi connectivity index (χ4n) is 2.07. The molecule has 0 saturated carbocycles. The van der Waals surface area contributed by atoms with E-state index >= 15 is 0 Å². The third kappa shape index (κ3) is 3.29. The van der Waals surface area contributed by atoms with Gasteiger partial charge in [-0.2, -0.15) is 0 Å². The van der Waals surface area contributed by atoms with Crippen molar-refractivity contribution in [1.82, 2.24) is 5.32 Å². The maximum Gasteiger partial charge on any atom is 0.207 e. The molecule has 2 nitrogen and oxygen atoms in total. The lowest BCUT2D eigenvalue weighted by Gasteiger charge is -2.20. The number of hydrogen-bond donors (Lipinski definition) is 1. The fraction of sp³-hybridized carbons (Fsp3) is 0.267. The third-order valence-electron chi connectivity index (χ3n) is 3.03. The lowest BCUT2D eigenvalue weighted by Crippen LogP contribution is -2.32. The number of rotatable bonds is 5. The second-order valence-corrected chi connectivity index (χ2v) is 4.34. The van der Waals surface area contributed by atoms with E-state index in [1.165, 1.54) is 0 Å². The van der Waals surface area contributed by atoms with E-state index in [0.717, 1.165) is 11.1 Å². The number of carbonyl (C=O) groups excluding carboxylic acids is 1. The molecule has 0 radical (unpaired) electrons. The number of carbonyl (C=O) groups is 1. The van der Waals surface area contributed by atoms with Crippen molar-refractivity contribution in [1.29, 1.82) is 0 Å². The Kier molecular flexibility index (Phi) is 4.29. The van der Waals surface area contributed by atoms with Crippen LogP contribution in [0.1, 0.15) is 12.0 Å². The topological polar surface area (TPSA) is 29.1 Å². The molecular weight excluding hydrogens is 229 g/mol. The van der Waals surface area contributed by atoms with Gasteiger partial charge in [-0.25, -0.2) is 4.39 Å². The van der Waals surface area contributed by atoms with Crippen molar-refractivity contribution in [2.45, 2.75) is 25.1 Å². The molecule has 94 valence electrons. The Morgan fingerprint density at radius 3 is 2.78 bits per heavy atom. The molecule has 2 atom stereocenters. The molecule has 1 aliphatic carbocycles. The SMILES string of the molecule is O=CNC(Cc1ccccc1)C1=CCC(F)C=C1. The van der Waals surface area contributed by atoms with Crippen LogP contribution >= 0.6 is 0 Å². The van der Waals surface area contributed by atoms with E-state index < -0.39 is 6.17 Å². The molecule has 0 bridgehead atoms. The van der Waals surface area contributed by atoms with Gasteiger partial charge in [0.2, 0.25) is 6.41 Å². The van der Waals surface area contributed by atoms with E-state index in [0.29, 0.717) is 19.3 Å². The third-order valence-corrected chi connectivity index (χ3v) is 3.03. The van der Waals surface area contributed by atoms with E-state index in [2.05, 4.69) is 5.32 Å². The van der Waals surface area contributed by atoms with Gasteiger partial charge in [-0.3, -0.25) is 4.79 Å². The summed E-state index contributed by atoms with van der Waals surface area (Å²) in [5.74, 6) is 0. The summed E-state index contributed by atoms with van der Waals surface area (Å²) in [5.41, 5.74) is 2.12. The molecule has 0 aromatic heterocycles. The van der Waals surface area contributed by atoms with E-state index in [9.17, 15) is 9.18 Å². The first kappa shape index (κ1) is 12.6. The minimum absolute atomic E-state index is 0.0892. The number of halogens is 1. The highest BCUT2D eigenvalue weighted by Gasteiger charge is 2.15. The first-order valence-electron chi connectivity index (χ1n) is 6.05. The Bertz CT molecular complexity index is 453. The predicted molar refractivity (Wildman–Crippen MR) is 69.9 cm³/mol. The number of allylic oxidation sites excluding steroid dienone is 2. The summed E-state index contributed by atoms with van der Waals surface area (Å²) in [5, 5.41) is 2.79. The Morgan fingerprint density at radius 2 is 2.17 bits per heavy atom. The van der Waals surface area contributed by atoms with Gasteiger partial charge in [0.25, 0.3) is 0 Å². The summed E-state index contributed by atoms with van der Waals surface area (Å²) < 4.78 is 13.0. The van der Waals surface area contributed by atoms with Crippen molar-refractivity contribution in [3.63, 3.8) is 0 Å². The zero-order valence-electron chi connectivity index (χ0n) is 10.1. The van der Waals surface area contributed by atoms with Gasteiger partial charge < -0.3 is 5.32 Å². The number of hydrogen-bond acceptors (Lipinski definition) is 1. The average molecular weight is 245 g/mol. The van der Waals surface area contributed by atoms with Gasteiger partial charge in [-0.15, -0.1) is 0 Å². The predicted octanol–water partition coefficient (Wildman–Crippen LogP) is 2.57. The molecule has 0 spiro atoms. The van der Waals surface area contributed by atoms with Crippen LogP contribution in [0, 0.1) is 0 Å². The number of nitrogens with one attached hydrogen (secondary N) is 1. The Morgan fingerprint density at radius 1 is 1.39 bits per heavy atom. The van der Waals surface area contributed by atoms with Crippen molar-refractivity contribution in [2.75, 3.05) is 0 Å². The van der Waals surface area contributed by atoms with Crippen molar-refractivity contribution < 1.29 is 9.18 Å². The van der Waals surface area contributed by atoms with Crippen LogP contribution in [0.4, 0.5) is 4.39 Å². The number of alkyl halides is 1. The molecule has 1 aromatic carbocycles. The van der Waals surface area contributed by atoms with Gasteiger partial charge in [-0.1, -0.05) is 48.6 Å². The molecule has 3 heteroatoms. The Hall–Kier alpha value is -1.90. The van der Waals surface area contributed by atoms with Crippen LogP contribution < -0.4 is 5.32 Å². The first-order valence-corrected chi connectivity index (χ1v) is 6.05. The summed E-state index contributed by atoms with van der Waals surface area (Å²) >= 11 is 0. The Balaban J connectivity index is 2.09. The largest absolute Gasteiger partial charge is 0.352 e. The second-order valence-electron chi connectivity index (χ2n) is 4.34. The molecular formula is C15H16FNO. The fourth-order valence-corrected chi connectivity index (χ4v) is 2.07. The van der Waals surface area contributed by atoms with Crippen LogP contribution in [0.5, 0.6) is 0 Å². The minimum Gasteiger partial charge on any atom is -0.352 e. The van der Waals surface area contributed by atoms with Gasteiger partial charge >= 0.3 is 0 Å². The van der Waals surface area contributed by atoms with E-state index in [-0.39, 0.29) is 6.04 Å². The normalized spacial score (nSPS) is 20.1. The minimum atomic E-state index is -0.901. The molecule has 0 aliphatic heterocycles. The summed E-state index contributed by atoms with van der Waals surface area (Å²) in [6, 6.07) is 9.84. The maximum absolute atomic E-state index is 13.0. The van der Waals surface area contributed by atoms with Crippen LogP contribution in [0.25, 0.3) is 0 Å². The highest BCUT2D eigenvalue weighted by atomic mass is 19.1. The standard InChI is InChI=1S/C15H16FNO/c16-14-8-6-13(7-9-14)15(17-11-18)10-12-4-2-1-3-5-12/h1-8,11,14-15H,9-10H2,(H,17,18).